The van der Waals surface area contributed by atoms with Crippen molar-refractivity contribution in [3.63, 3.8) is 0 Å². The summed E-state index contributed by atoms with van der Waals surface area (Å²) in [5.74, 6) is -0.256. The van der Waals surface area contributed by atoms with Crippen LogP contribution in [0.1, 0.15) is 23.0 Å². The summed E-state index contributed by atoms with van der Waals surface area (Å²) in [4.78, 5) is 8.34. The zero-order valence-electron chi connectivity index (χ0n) is 9.90. The molecule has 0 saturated heterocycles. The highest BCUT2D eigenvalue weighted by atomic mass is 79.9. The number of hydrogen-bond donors (Lipinski definition) is 1. The van der Waals surface area contributed by atoms with E-state index in [-0.39, 0.29) is 11.9 Å². The summed E-state index contributed by atoms with van der Waals surface area (Å²) in [7, 11) is 0. The summed E-state index contributed by atoms with van der Waals surface area (Å²) in [6, 6.07) is 4.46. The number of aromatic nitrogens is 2. The molecule has 94 valence electrons. The fourth-order valence-corrected chi connectivity index (χ4v) is 2.04. The molecule has 1 aromatic carbocycles. The van der Waals surface area contributed by atoms with Gasteiger partial charge < -0.3 is 5.73 Å². The lowest BCUT2D eigenvalue weighted by molar-refractivity contribution is 0.588. The first kappa shape index (κ1) is 13.1. The van der Waals surface area contributed by atoms with Gasteiger partial charge in [-0.25, -0.2) is 4.39 Å². The highest BCUT2D eigenvalue weighted by Gasteiger charge is 2.12. The Balaban J connectivity index is 2.18. The van der Waals surface area contributed by atoms with Crippen molar-refractivity contribution in [3.8, 4) is 0 Å². The van der Waals surface area contributed by atoms with Crippen molar-refractivity contribution in [2.45, 2.75) is 19.4 Å². The van der Waals surface area contributed by atoms with Crippen LogP contribution in [0.2, 0.25) is 0 Å². The number of halogens is 2. The molecule has 1 heterocycles. The average molecular weight is 310 g/mol. The van der Waals surface area contributed by atoms with Gasteiger partial charge in [0.2, 0.25) is 0 Å². The van der Waals surface area contributed by atoms with Crippen LogP contribution >= 0.6 is 15.9 Å². The summed E-state index contributed by atoms with van der Waals surface area (Å²) in [6.07, 6.45) is 3.69. The van der Waals surface area contributed by atoms with Crippen molar-refractivity contribution in [2.75, 3.05) is 0 Å². The van der Waals surface area contributed by atoms with E-state index < -0.39 is 0 Å². The second-order valence-corrected chi connectivity index (χ2v) is 5.04. The first-order chi connectivity index (χ1) is 8.56. The van der Waals surface area contributed by atoms with Crippen molar-refractivity contribution in [3.05, 3.63) is 57.8 Å². The van der Waals surface area contributed by atoms with E-state index in [9.17, 15) is 4.39 Å². The second-order valence-electron chi connectivity index (χ2n) is 4.13. The summed E-state index contributed by atoms with van der Waals surface area (Å²) in [5.41, 5.74) is 8.08. The van der Waals surface area contributed by atoms with E-state index in [1.165, 1.54) is 6.07 Å². The van der Waals surface area contributed by atoms with E-state index in [2.05, 4.69) is 25.9 Å². The maximum Gasteiger partial charge on any atom is 0.126 e. The molecular weight excluding hydrogens is 297 g/mol. The van der Waals surface area contributed by atoms with Crippen molar-refractivity contribution < 1.29 is 4.39 Å². The number of nitrogens with two attached hydrogens (primary N) is 1. The van der Waals surface area contributed by atoms with Gasteiger partial charge in [0.25, 0.3) is 0 Å². The summed E-state index contributed by atoms with van der Waals surface area (Å²) >= 11 is 3.32. The van der Waals surface area contributed by atoms with Gasteiger partial charge in [-0.05, 0) is 37.1 Å². The first-order valence-electron chi connectivity index (χ1n) is 5.54. The van der Waals surface area contributed by atoms with Crippen LogP contribution in [0.5, 0.6) is 0 Å². The zero-order chi connectivity index (χ0) is 13.1. The minimum atomic E-state index is -0.359. The highest BCUT2D eigenvalue weighted by molar-refractivity contribution is 9.10. The molecule has 2 N–H and O–H groups in total. The van der Waals surface area contributed by atoms with E-state index in [0.717, 1.165) is 10.2 Å². The van der Waals surface area contributed by atoms with Gasteiger partial charge in [0, 0.05) is 10.7 Å². The Labute approximate surface area is 113 Å². The number of benzene rings is 1. The molecular formula is C13H13BrFN3. The second kappa shape index (κ2) is 5.54. The Bertz CT molecular complexity index is 542. The maximum atomic E-state index is 13.6. The van der Waals surface area contributed by atoms with Crippen molar-refractivity contribution >= 4 is 15.9 Å². The summed E-state index contributed by atoms with van der Waals surface area (Å²) in [6.45, 7) is 1.86. The van der Waals surface area contributed by atoms with Gasteiger partial charge in [0.15, 0.2) is 0 Å². The maximum absolute atomic E-state index is 13.6. The van der Waals surface area contributed by atoms with Crippen LogP contribution in [0, 0.1) is 12.7 Å². The molecule has 1 aromatic heterocycles. The molecule has 1 atom stereocenters. The molecule has 0 bridgehead atoms. The number of aryl methyl sites for hydroxylation is 1. The Hall–Kier alpha value is -1.33. The first-order valence-corrected chi connectivity index (χ1v) is 6.33. The molecule has 0 fully saturated rings. The van der Waals surface area contributed by atoms with Gasteiger partial charge >= 0.3 is 0 Å². The lowest BCUT2D eigenvalue weighted by Crippen LogP contribution is -2.16. The van der Waals surface area contributed by atoms with Crippen molar-refractivity contribution in [1.29, 1.82) is 0 Å². The molecule has 0 radical (unpaired) electrons. The Kier molecular flexibility index (Phi) is 4.04. The predicted molar refractivity (Wildman–Crippen MR) is 71.5 cm³/mol. The quantitative estimate of drug-likeness (QED) is 0.948. The third kappa shape index (κ3) is 3.11. The molecule has 0 aliphatic rings. The van der Waals surface area contributed by atoms with Gasteiger partial charge in [-0.1, -0.05) is 15.9 Å². The van der Waals surface area contributed by atoms with Crippen LogP contribution in [0.15, 0.2) is 35.1 Å². The molecule has 18 heavy (non-hydrogen) atoms. The lowest BCUT2D eigenvalue weighted by Gasteiger charge is -2.11. The standard InChI is InChI=1S/C13H13BrFN3/c1-8-6-18-13(7-17-8)12(16)5-9-4-10(14)2-3-11(9)15/h2-4,6-7,12H,5,16H2,1H3. The number of rotatable bonds is 3. The molecule has 0 aliphatic carbocycles. The van der Waals surface area contributed by atoms with Gasteiger partial charge in [0.05, 0.1) is 23.6 Å². The molecule has 2 aromatic rings. The van der Waals surface area contributed by atoms with Crippen LogP contribution in [0.3, 0.4) is 0 Å². The Morgan fingerprint density at radius 2 is 2.11 bits per heavy atom. The number of nitrogens with zero attached hydrogens (tertiary/aromatic N) is 2. The predicted octanol–water partition coefficient (Wildman–Crippen LogP) is 2.93. The van der Waals surface area contributed by atoms with Crippen molar-refractivity contribution in [2.24, 2.45) is 5.73 Å². The SMILES string of the molecule is Cc1cnc(C(N)Cc2cc(Br)ccc2F)cn1. The largest absolute Gasteiger partial charge is 0.322 e. The van der Waals surface area contributed by atoms with Crippen LogP contribution in [0.4, 0.5) is 4.39 Å². The molecule has 0 spiro atoms. The van der Waals surface area contributed by atoms with Crippen LogP contribution in [0.25, 0.3) is 0 Å². The van der Waals surface area contributed by atoms with Crippen LogP contribution in [-0.4, -0.2) is 9.97 Å². The van der Waals surface area contributed by atoms with Crippen LogP contribution < -0.4 is 5.73 Å². The smallest absolute Gasteiger partial charge is 0.126 e. The molecule has 5 heteroatoms. The minimum absolute atomic E-state index is 0.256. The molecule has 0 saturated carbocycles. The minimum Gasteiger partial charge on any atom is -0.322 e. The fraction of sp³-hybridized carbons (Fsp3) is 0.231. The van der Waals surface area contributed by atoms with Gasteiger partial charge in [0.1, 0.15) is 5.82 Å². The van der Waals surface area contributed by atoms with Gasteiger partial charge in [-0.15, -0.1) is 0 Å². The molecule has 2 rings (SSSR count). The normalized spacial score (nSPS) is 12.4. The average Bonchev–Trinajstić information content (AvgIpc) is 2.34. The Morgan fingerprint density at radius 1 is 1.33 bits per heavy atom. The van der Waals surface area contributed by atoms with Gasteiger partial charge in [-0.3, -0.25) is 9.97 Å². The number of hydrogen-bond acceptors (Lipinski definition) is 3. The third-order valence-corrected chi connectivity index (χ3v) is 3.12. The fourth-order valence-electron chi connectivity index (χ4n) is 1.64. The zero-order valence-corrected chi connectivity index (χ0v) is 11.5. The summed E-state index contributed by atoms with van der Waals surface area (Å²) < 4.78 is 14.4. The van der Waals surface area contributed by atoms with E-state index >= 15 is 0 Å². The van der Waals surface area contributed by atoms with E-state index in [1.807, 2.05) is 6.92 Å². The monoisotopic (exact) mass is 309 g/mol. The van der Waals surface area contributed by atoms with Crippen molar-refractivity contribution in [1.82, 2.24) is 9.97 Å². The van der Waals surface area contributed by atoms with E-state index in [4.69, 9.17) is 5.73 Å². The topological polar surface area (TPSA) is 51.8 Å². The lowest BCUT2D eigenvalue weighted by atomic mass is 10.0. The molecule has 0 amide bonds. The third-order valence-electron chi connectivity index (χ3n) is 2.63. The highest BCUT2D eigenvalue weighted by Crippen LogP contribution is 2.20. The van der Waals surface area contributed by atoms with E-state index in [0.29, 0.717) is 17.7 Å². The molecule has 0 aliphatic heterocycles. The van der Waals surface area contributed by atoms with E-state index in [1.54, 1.807) is 24.5 Å². The Morgan fingerprint density at radius 3 is 2.78 bits per heavy atom. The molecule has 1 unspecified atom stereocenters. The van der Waals surface area contributed by atoms with Crippen LogP contribution in [-0.2, 0) is 6.42 Å². The van der Waals surface area contributed by atoms with Gasteiger partial charge in [-0.2, -0.15) is 0 Å². The molecule has 3 nitrogen and oxygen atoms in total. The summed E-state index contributed by atoms with van der Waals surface area (Å²) in [5, 5.41) is 0.